The first kappa shape index (κ1) is 16.0. The fraction of sp³-hybridized carbons (Fsp3) is 0.350. The minimum atomic E-state index is 0.538. The second kappa shape index (κ2) is 7.15. The number of ether oxygens (including phenoxy) is 1. The van der Waals surface area contributed by atoms with Gasteiger partial charge in [-0.3, -0.25) is 10.00 Å². The third kappa shape index (κ3) is 3.77. The highest BCUT2D eigenvalue weighted by molar-refractivity contribution is 5.81. The van der Waals surface area contributed by atoms with Crippen LogP contribution in [0.5, 0.6) is 5.75 Å². The van der Waals surface area contributed by atoms with Gasteiger partial charge in [0.1, 0.15) is 5.75 Å². The smallest absolute Gasteiger partial charge is 0.118 e. The second-order valence-electron chi connectivity index (χ2n) is 6.71. The Kier molecular flexibility index (Phi) is 4.57. The number of aromatic nitrogens is 2. The van der Waals surface area contributed by atoms with Gasteiger partial charge in [0.15, 0.2) is 0 Å². The van der Waals surface area contributed by atoms with Crippen LogP contribution in [-0.2, 0) is 6.54 Å². The number of anilines is 1. The van der Waals surface area contributed by atoms with E-state index < -0.39 is 0 Å². The number of benzene rings is 2. The highest BCUT2D eigenvalue weighted by Gasteiger charge is 2.19. The van der Waals surface area contributed by atoms with E-state index in [2.05, 4.69) is 50.7 Å². The number of hydrogen-bond donors (Lipinski definition) is 2. The minimum absolute atomic E-state index is 0.538. The molecular weight excluding hydrogens is 312 g/mol. The van der Waals surface area contributed by atoms with Crippen molar-refractivity contribution in [1.82, 2.24) is 15.1 Å². The molecule has 2 heterocycles. The number of H-pyrrole nitrogens is 1. The Labute approximate surface area is 148 Å². The summed E-state index contributed by atoms with van der Waals surface area (Å²) in [6.07, 6.45) is 4.21. The molecule has 0 spiro atoms. The van der Waals surface area contributed by atoms with E-state index >= 15 is 0 Å². The highest BCUT2D eigenvalue weighted by Crippen LogP contribution is 2.22. The Balaban J connectivity index is 1.30. The number of nitrogens with zero attached hydrogens (tertiary/aromatic N) is 2. The summed E-state index contributed by atoms with van der Waals surface area (Å²) in [6, 6.07) is 15.3. The number of fused-ring (bicyclic) bond motifs is 1. The summed E-state index contributed by atoms with van der Waals surface area (Å²) in [5, 5.41) is 11.9. The summed E-state index contributed by atoms with van der Waals surface area (Å²) < 4.78 is 5.22. The van der Waals surface area contributed by atoms with E-state index in [1.54, 1.807) is 7.11 Å². The summed E-state index contributed by atoms with van der Waals surface area (Å²) in [4.78, 5) is 2.53. The van der Waals surface area contributed by atoms with Crippen LogP contribution in [0.4, 0.5) is 5.69 Å². The van der Waals surface area contributed by atoms with Crippen molar-refractivity contribution in [2.75, 3.05) is 25.5 Å². The molecule has 5 nitrogen and oxygen atoms in total. The molecule has 1 saturated heterocycles. The van der Waals surface area contributed by atoms with Gasteiger partial charge in [-0.05, 0) is 48.7 Å². The zero-order valence-corrected chi connectivity index (χ0v) is 14.5. The largest absolute Gasteiger partial charge is 0.497 e. The number of methoxy groups -OCH3 is 1. The molecule has 1 aliphatic rings. The van der Waals surface area contributed by atoms with Gasteiger partial charge in [-0.2, -0.15) is 5.10 Å². The van der Waals surface area contributed by atoms with Gasteiger partial charge in [0, 0.05) is 36.7 Å². The number of hydrogen-bond acceptors (Lipinski definition) is 4. The van der Waals surface area contributed by atoms with Crippen LogP contribution in [0.2, 0.25) is 0 Å². The van der Waals surface area contributed by atoms with Gasteiger partial charge >= 0.3 is 0 Å². The van der Waals surface area contributed by atoms with E-state index in [1.807, 2.05) is 18.3 Å². The minimum Gasteiger partial charge on any atom is -0.497 e. The van der Waals surface area contributed by atoms with E-state index in [0.717, 1.165) is 36.3 Å². The van der Waals surface area contributed by atoms with E-state index in [4.69, 9.17) is 4.74 Å². The van der Waals surface area contributed by atoms with Crippen LogP contribution < -0.4 is 10.1 Å². The average Bonchev–Trinajstić information content (AvgIpc) is 3.12. The van der Waals surface area contributed by atoms with Crippen molar-refractivity contribution < 1.29 is 4.74 Å². The first-order valence-corrected chi connectivity index (χ1v) is 8.85. The third-order valence-electron chi connectivity index (χ3n) is 4.96. The van der Waals surface area contributed by atoms with Gasteiger partial charge in [-0.1, -0.05) is 12.1 Å². The van der Waals surface area contributed by atoms with Crippen LogP contribution in [0.25, 0.3) is 10.9 Å². The molecule has 25 heavy (non-hydrogen) atoms. The lowest BCUT2D eigenvalue weighted by Crippen LogP contribution is -2.38. The van der Waals surface area contributed by atoms with Crippen LogP contribution in [-0.4, -0.2) is 41.3 Å². The molecule has 1 aromatic heterocycles. The third-order valence-corrected chi connectivity index (χ3v) is 4.96. The lowest BCUT2D eigenvalue weighted by molar-refractivity contribution is 0.211. The van der Waals surface area contributed by atoms with Gasteiger partial charge in [-0.25, -0.2) is 0 Å². The lowest BCUT2D eigenvalue weighted by Gasteiger charge is -2.33. The van der Waals surface area contributed by atoms with Crippen molar-refractivity contribution in [1.29, 1.82) is 0 Å². The molecule has 0 saturated carbocycles. The molecule has 2 aromatic carbocycles. The maximum atomic E-state index is 5.22. The van der Waals surface area contributed by atoms with E-state index in [-0.39, 0.29) is 0 Å². The standard InChI is InChI=1S/C20H24N4O/c1-25-19-5-2-15(3-6-19)14-24-10-8-17(9-11-24)22-18-4-7-20-16(12-18)13-21-23-20/h2-7,12-13,17,22H,8-11,14H2,1H3,(H,21,23). The van der Waals surface area contributed by atoms with Crippen LogP contribution in [0, 0.1) is 0 Å². The summed E-state index contributed by atoms with van der Waals surface area (Å²) in [6.45, 7) is 3.26. The Morgan fingerprint density at radius 3 is 2.72 bits per heavy atom. The Morgan fingerprint density at radius 2 is 1.96 bits per heavy atom. The van der Waals surface area contributed by atoms with Crippen LogP contribution in [0.15, 0.2) is 48.7 Å². The Morgan fingerprint density at radius 1 is 1.16 bits per heavy atom. The van der Waals surface area contributed by atoms with Gasteiger partial charge in [0.05, 0.1) is 18.8 Å². The predicted octanol–water partition coefficient (Wildman–Crippen LogP) is 3.65. The fourth-order valence-corrected chi connectivity index (χ4v) is 3.49. The van der Waals surface area contributed by atoms with Crippen LogP contribution >= 0.6 is 0 Å². The Hall–Kier alpha value is -2.53. The van der Waals surface area contributed by atoms with Crippen molar-refractivity contribution >= 4 is 16.6 Å². The monoisotopic (exact) mass is 336 g/mol. The van der Waals surface area contributed by atoms with Crippen LogP contribution in [0.1, 0.15) is 18.4 Å². The van der Waals surface area contributed by atoms with Crippen molar-refractivity contribution in [3.8, 4) is 5.75 Å². The molecule has 4 rings (SSSR count). The lowest BCUT2D eigenvalue weighted by atomic mass is 10.0. The normalized spacial score (nSPS) is 16.2. The van der Waals surface area contributed by atoms with Crippen LogP contribution in [0.3, 0.4) is 0 Å². The molecule has 0 radical (unpaired) electrons. The van der Waals surface area contributed by atoms with Crippen molar-refractivity contribution in [3.05, 3.63) is 54.2 Å². The Bertz CT molecular complexity index is 819. The number of piperidine rings is 1. The predicted molar refractivity (Wildman–Crippen MR) is 101 cm³/mol. The molecule has 1 fully saturated rings. The summed E-state index contributed by atoms with van der Waals surface area (Å²) in [5.74, 6) is 0.918. The second-order valence-corrected chi connectivity index (χ2v) is 6.71. The molecule has 0 aliphatic carbocycles. The van der Waals surface area contributed by atoms with E-state index in [0.29, 0.717) is 6.04 Å². The van der Waals surface area contributed by atoms with Crippen molar-refractivity contribution in [2.45, 2.75) is 25.4 Å². The first-order chi connectivity index (χ1) is 12.3. The molecule has 0 unspecified atom stereocenters. The van der Waals surface area contributed by atoms with Crippen molar-refractivity contribution in [3.63, 3.8) is 0 Å². The van der Waals surface area contributed by atoms with Gasteiger partial charge in [0.25, 0.3) is 0 Å². The summed E-state index contributed by atoms with van der Waals surface area (Å²) >= 11 is 0. The van der Waals surface area contributed by atoms with E-state index in [9.17, 15) is 0 Å². The molecule has 2 N–H and O–H groups in total. The number of rotatable bonds is 5. The van der Waals surface area contributed by atoms with Gasteiger partial charge < -0.3 is 10.1 Å². The quantitative estimate of drug-likeness (QED) is 0.747. The van der Waals surface area contributed by atoms with Gasteiger partial charge in [0.2, 0.25) is 0 Å². The molecular formula is C20H24N4O. The first-order valence-electron chi connectivity index (χ1n) is 8.85. The molecule has 0 atom stereocenters. The molecule has 0 bridgehead atoms. The average molecular weight is 336 g/mol. The molecule has 3 aromatic rings. The number of aromatic amines is 1. The fourth-order valence-electron chi connectivity index (χ4n) is 3.49. The molecule has 0 amide bonds. The summed E-state index contributed by atoms with van der Waals surface area (Å²) in [7, 11) is 1.71. The molecule has 1 aliphatic heterocycles. The topological polar surface area (TPSA) is 53.2 Å². The number of likely N-dealkylation sites (tertiary alicyclic amines) is 1. The zero-order valence-electron chi connectivity index (χ0n) is 14.5. The zero-order chi connectivity index (χ0) is 17.1. The maximum Gasteiger partial charge on any atom is 0.118 e. The summed E-state index contributed by atoms with van der Waals surface area (Å²) in [5.41, 5.74) is 3.61. The molecule has 5 heteroatoms. The highest BCUT2D eigenvalue weighted by atomic mass is 16.5. The number of nitrogens with one attached hydrogen (secondary N) is 2. The van der Waals surface area contributed by atoms with Crippen molar-refractivity contribution in [2.24, 2.45) is 0 Å². The molecule has 130 valence electrons. The SMILES string of the molecule is COc1ccc(CN2CCC(Nc3ccc4[nH]ncc4c3)CC2)cc1. The maximum absolute atomic E-state index is 5.22. The van der Waals surface area contributed by atoms with E-state index in [1.165, 1.54) is 24.1 Å². The van der Waals surface area contributed by atoms with Gasteiger partial charge in [-0.15, -0.1) is 0 Å².